The average molecular weight is 217 g/mol. The second-order valence-corrected chi connectivity index (χ2v) is 4.17. The number of nitrogens with zero attached hydrogens (tertiary/aromatic N) is 2. The van der Waals surface area contributed by atoms with Crippen LogP contribution in [0.3, 0.4) is 0 Å². The maximum absolute atomic E-state index is 4.27. The van der Waals surface area contributed by atoms with Crippen molar-refractivity contribution in [3.8, 4) is 0 Å². The molecule has 0 saturated carbocycles. The number of likely N-dealkylation sites (tertiary alicyclic amines) is 1. The molecule has 0 aromatic carbocycles. The van der Waals surface area contributed by atoms with E-state index in [-0.39, 0.29) is 0 Å². The molecule has 1 aliphatic heterocycles. The van der Waals surface area contributed by atoms with Crippen molar-refractivity contribution in [3.05, 3.63) is 42.5 Å². The standard InChI is InChI=1S/C13H19N3/c1-12(16-9-5-2-6-10-16)15-11-13-7-3-4-8-14-13/h3-4,7-8,15H,1-2,5-6,9-11H2. The van der Waals surface area contributed by atoms with Crippen LogP contribution in [0.25, 0.3) is 0 Å². The van der Waals surface area contributed by atoms with Crippen LogP contribution in [-0.4, -0.2) is 23.0 Å². The van der Waals surface area contributed by atoms with Crippen molar-refractivity contribution in [1.82, 2.24) is 15.2 Å². The first-order chi connectivity index (χ1) is 7.86. The summed E-state index contributed by atoms with van der Waals surface area (Å²) in [6.45, 7) is 7.11. The van der Waals surface area contributed by atoms with Gasteiger partial charge in [0.05, 0.1) is 18.1 Å². The third kappa shape index (κ3) is 2.99. The summed E-state index contributed by atoms with van der Waals surface area (Å²) in [6.07, 6.45) is 5.74. The molecule has 0 unspecified atom stereocenters. The molecule has 1 saturated heterocycles. The minimum absolute atomic E-state index is 0.760. The molecule has 2 heterocycles. The fraction of sp³-hybridized carbons (Fsp3) is 0.462. The van der Waals surface area contributed by atoms with E-state index >= 15 is 0 Å². The van der Waals surface area contributed by atoms with E-state index in [1.54, 1.807) is 0 Å². The van der Waals surface area contributed by atoms with Gasteiger partial charge < -0.3 is 10.2 Å². The van der Waals surface area contributed by atoms with E-state index in [0.717, 1.165) is 31.1 Å². The molecule has 1 N–H and O–H groups in total. The highest BCUT2D eigenvalue weighted by Gasteiger charge is 2.11. The van der Waals surface area contributed by atoms with Crippen molar-refractivity contribution >= 4 is 0 Å². The van der Waals surface area contributed by atoms with E-state index in [4.69, 9.17) is 0 Å². The van der Waals surface area contributed by atoms with Crippen LogP contribution >= 0.6 is 0 Å². The molecule has 0 bridgehead atoms. The molecular weight excluding hydrogens is 198 g/mol. The first-order valence-corrected chi connectivity index (χ1v) is 5.94. The number of pyridine rings is 1. The molecule has 1 aromatic heterocycles. The number of aromatic nitrogens is 1. The van der Waals surface area contributed by atoms with E-state index in [0.29, 0.717) is 0 Å². The van der Waals surface area contributed by atoms with Gasteiger partial charge in [0.25, 0.3) is 0 Å². The van der Waals surface area contributed by atoms with Crippen molar-refractivity contribution in [2.24, 2.45) is 0 Å². The minimum Gasteiger partial charge on any atom is -0.367 e. The topological polar surface area (TPSA) is 28.2 Å². The maximum atomic E-state index is 4.27. The van der Waals surface area contributed by atoms with E-state index < -0.39 is 0 Å². The Hall–Kier alpha value is -1.51. The van der Waals surface area contributed by atoms with Gasteiger partial charge in [0.1, 0.15) is 0 Å². The van der Waals surface area contributed by atoms with Gasteiger partial charge in [-0.25, -0.2) is 0 Å². The summed E-state index contributed by atoms with van der Waals surface area (Å²) in [7, 11) is 0. The van der Waals surface area contributed by atoms with Crippen molar-refractivity contribution in [2.75, 3.05) is 13.1 Å². The van der Waals surface area contributed by atoms with Gasteiger partial charge in [0, 0.05) is 19.3 Å². The predicted molar refractivity (Wildman–Crippen MR) is 65.6 cm³/mol. The van der Waals surface area contributed by atoms with Crippen molar-refractivity contribution < 1.29 is 0 Å². The van der Waals surface area contributed by atoms with Crippen molar-refractivity contribution in [1.29, 1.82) is 0 Å². The van der Waals surface area contributed by atoms with Gasteiger partial charge in [-0.05, 0) is 31.4 Å². The summed E-state index contributed by atoms with van der Waals surface area (Å²) < 4.78 is 0. The molecule has 0 atom stereocenters. The van der Waals surface area contributed by atoms with Crippen LogP contribution in [0.5, 0.6) is 0 Å². The van der Waals surface area contributed by atoms with E-state index in [9.17, 15) is 0 Å². The molecule has 1 fully saturated rings. The fourth-order valence-electron chi connectivity index (χ4n) is 1.97. The molecule has 0 aliphatic carbocycles. The number of nitrogens with one attached hydrogen (secondary N) is 1. The summed E-state index contributed by atoms with van der Waals surface area (Å²) in [4.78, 5) is 6.60. The van der Waals surface area contributed by atoms with Crippen LogP contribution in [0.15, 0.2) is 36.8 Å². The normalized spacial score (nSPS) is 15.9. The first kappa shape index (κ1) is 11.0. The Morgan fingerprint density at radius 2 is 2.12 bits per heavy atom. The highest BCUT2D eigenvalue weighted by atomic mass is 15.2. The zero-order chi connectivity index (χ0) is 11.2. The zero-order valence-corrected chi connectivity index (χ0v) is 9.65. The van der Waals surface area contributed by atoms with E-state index in [1.165, 1.54) is 19.3 Å². The van der Waals surface area contributed by atoms with Crippen LogP contribution in [0, 0.1) is 0 Å². The lowest BCUT2D eigenvalue weighted by molar-refractivity contribution is 0.268. The van der Waals surface area contributed by atoms with E-state index in [1.807, 2.05) is 24.4 Å². The molecule has 3 heteroatoms. The van der Waals surface area contributed by atoms with Gasteiger partial charge in [-0.2, -0.15) is 0 Å². The maximum Gasteiger partial charge on any atom is 0.0941 e. The Bertz CT molecular complexity index is 328. The summed E-state index contributed by atoms with van der Waals surface area (Å²) >= 11 is 0. The van der Waals surface area contributed by atoms with Crippen LogP contribution in [-0.2, 0) is 6.54 Å². The van der Waals surface area contributed by atoms with Gasteiger partial charge in [0.15, 0.2) is 0 Å². The Balaban J connectivity index is 1.79. The van der Waals surface area contributed by atoms with Crippen LogP contribution in [0.2, 0.25) is 0 Å². The second-order valence-electron chi connectivity index (χ2n) is 4.17. The molecule has 0 amide bonds. The lowest BCUT2D eigenvalue weighted by atomic mass is 10.1. The third-order valence-electron chi connectivity index (χ3n) is 2.94. The van der Waals surface area contributed by atoms with Crippen molar-refractivity contribution in [3.63, 3.8) is 0 Å². The van der Waals surface area contributed by atoms with Crippen LogP contribution in [0.1, 0.15) is 25.0 Å². The van der Waals surface area contributed by atoms with Gasteiger partial charge in [-0.1, -0.05) is 12.6 Å². The molecule has 2 rings (SSSR count). The summed E-state index contributed by atoms with van der Waals surface area (Å²) in [5.41, 5.74) is 1.06. The Labute approximate surface area is 97.2 Å². The number of rotatable bonds is 4. The molecule has 3 nitrogen and oxygen atoms in total. The lowest BCUT2D eigenvalue weighted by Gasteiger charge is -2.30. The van der Waals surface area contributed by atoms with Gasteiger partial charge >= 0.3 is 0 Å². The average Bonchev–Trinajstić information content (AvgIpc) is 2.38. The van der Waals surface area contributed by atoms with E-state index in [2.05, 4.69) is 21.8 Å². The smallest absolute Gasteiger partial charge is 0.0941 e. The summed E-state index contributed by atoms with van der Waals surface area (Å²) in [6, 6.07) is 5.97. The SMILES string of the molecule is C=C(NCc1ccccn1)N1CCCCC1. The molecule has 0 spiro atoms. The van der Waals surface area contributed by atoms with Crippen LogP contribution < -0.4 is 5.32 Å². The first-order valence-electron chi connectivity index (χ1n) is 5.94. The monoisotopic (exact) mass is 217 g/mol. The molecule has 16 heavy (non-hydrogen) atoms. The fourth-order valence-corrected chi connectivity index (χ4v) is 1.97. The predicted octanol–water partition coefficient (Wildman–Crippen LogP) is 2.13. The zero-order valence-electron chi connectivity index (χ0n) is 9.65. The van der Waals surface area contributed by atoms with Crippen molar-refractivity contribution in [2.45, 2.75) is 25.8 Å². The molecular formula is C13H19N3. The highest BCUT2D eigenvalue weighted by molar-refractivity contribution is 5.05. The molecule has 86 valence electrons. The number of hydrogen-bond acceptors (Lipinski definition) is 3. The number of piperidine rings is 1. The highest BCUT2D eigenvalue weighted by Crippen LogP contribution is 2.12. The third-order valence-corrected chi connectivity index (χ3v) is 2.94. The quantitative estimate of drug-likeness (QED) is 0.837. The Morgan fingerprint density at radius 1 is 1.31 bits per heavy atom. The number of hydrogen-bond donors (Lipinski definition) is 1. The molecule has 0 radical (unpaired) electrons. The molecule has 1 aliphatic rings. The Kier molecular flexibility index (Phi) is 3.81. The summed E-state index contributed by atoms with van der Waals surface area (Å²) in [5, 5.41) is 3.34. The lowest BCUT2D eigenvalue weighted by Crippen LogP contribution is -2.34. The minimum atomic E-state index is 0.760. The molecule has 1 aromatic rings. The van der Waals surface area contributed by atoms with Gasteiger partial charge in [-0.15, -0.1) is 0 Å². The van der Waals surface area contributed by atoms with Gasteiger partial charge in [0.2, 0.25) is 0 Å². The second kappa shape index (κ2) is 5.54. The van der Waals surface area contributed by atoms with Crippen LogP contribution in [0.4, 0.5) is 0 Å². The largest absolute Gasteiger partial charge is 0.367 e. The Morgan fingerprint density at radius 3 is 2.81 bits per heavy atom. The van der Waals surface area contributed by atoms with Gasteiger partial charge in [-0.3, -0.25) is 4.98 Å². The summed E-state index contributed by atoms with van der Waals surface area (Å²) in [5.74, 6) is 1.03.